The molecule has 5 aromatic rings. The minimum atomic E-state index is 0.0162. The fourth-order valence-corrected chi connectivity index (χ4v) is 7.32. The molecule has 0 aliphatic heterocycles. The number of hydrogen-bond acceptors (Lipinski definition) is 1. The van der Waals surface area contributed by atoms with Gasteiger partial charge >= 0.3 is 0 Å². The predicted molar refractivity (Wildman–Crippen MR) is 147 cm³/mol. The molecule has 0 saturated carbocycles. The first-order valence-electron chi connectivity index (χ1n) is 13.1. The molecule has 0 radical (unpaired) electrons. The summed E-state index contributed by atoms with van der Waals surface area (Å²) < 4.78 is 6.49. The molecule has 3 nitrogen and oxygen atoms in total. The Balaban J connectivity index is 1.36. The van der Waals surface area contributed by atoms with Crippen LogP contribution in [-0.4, -0.2) is 16.6 Å². The summed E-state index contributed by atoms with van der Waals surface area (Å²) in [4.78, 5) is 7.45. The van der Waals surface area contributed by atoms with Crippen LogP contribution in [0.2, 0.25) is 0 Å². The van der Waals surface area contributed by atoms with Crippen molar-refractivity contribution < 1.29 is 4.74 Å². The highest BCUT2D eigenvalue weighted by atomic mass is 16.5. The molecule has 2 aliphatic rings. The van der Waals surface area contributed by atoms with Gasteiger partial charge in [0.05, 0.1) is 13.2 Å². The molecule has 3 aromatic carbocycles. The number of nitrogens with one attached hydrogen (secondary N) is 2. The van der Waals surface area contributed by atoms with Gasteiger partial charge in [-0.25, -0.2) is 0 Å². The molecular weight excluding hydrogens is 440 g/mol. The van der Waals surface area contributed by atoms with Crippen molar-refractivity contribution >= 4 is 21.8 Å². The standard InChI is InChI=1S/C33H32N2O/c1-21-16-25-29-24-13-7-9-15-28(24)35-32(29)30(26-18-34-27-14-8-6-12-23(26)27)31(25)33(2,17-21)20-36-19-22-10-4-3-5-11-22/h3-16,18,25,30-31,34-35H,17,19-20H2,1-2H3/t25-,30+,31-,33+/m0/s1. The molecule has 36 heavy (non-hydrogen) atoms. The number of rotatable bonds is 5. The van der Waals surface area contributed by atoms with Crippen LogP contribution in [0.1, 0.15) is 54.5 Å². The third-order valence-electron chi connectivity index (χ3n) is 8.62. The fraction of sp³-hybridized carbons (Fsp3) is 0.273. The molecule has 2 aromatic heterocycles. The first kappa shape index (κ1) is 21.7. The van der Waals surface area contributed by atoms with E-state index in [4.69, 9.17) is 4.74 Å². The van der Waals surface area contributed by atoms with E-state index in [0.717, 1.165) is 13.0 Å². The van der Waals surface area contributed by atoms with Crippen molar-refractivity contribution in [1.82, 2.24) is 9.97 Å². The lowest BCUT2D eigenvalue weighted by Gasteiger charge is -2.45. The summed E-state index contributed by atoms with van der Waals surface area (Å²) in [6, 6.07) is 28.1. The average Bonchev–Trinajstić information content (AvgIpc) is 3.56. The largest absolute Gasteiger partial charge is 0.376 e. The lowest BCUT2D eigenvalue weighted by Crippen LogP contribution is -2.39. The number of aromatic amines is 2. The Bertz CT molecular complexity index is 1590. The van der Waals surface area contributed by atoms with Gasteiger partial charge in [-0.3, -0.25) is 0 Å². The van der Waals surface area contributed by atoms with E-state index in [1.807, 2.05) is 0 Å². The fourth-order valence-electron chi connectivity index (χ4n) is 7.32. The Morgan fingerprint density at radius 3 is 2.44 bits per heavy atom. The van der Waals surface area contributed by atoms with Crippen LogP contribution in [-0.2, 0) is 11.3 Å². The summed E-state index contributed by atoms with van der Waals surface area (Å²) >= 11 is 0. The maximum atomic E-state index is 6.49. The normalized spacial score (nSPS) is 25.2. The van der Waals surface area contributed by atoms with Gasteiger partial charge in [-0.1, -0.05) is 85.3 Å². The molecule has 0 bridgehead atoms. The number of para-hydroxylation sites is 2. The molecule has 0 fully saturated rings. The van der Waals surface area contributed by atoms with Gasteiger partial charge < -0.3 is 14.7 Å². The summed E-state index contributed by atoms with van der Waals surface area (Å²) in [6.07, 6.45) is 5.87. The smallest absolute Gasteiger partial charge is 0.0717 e. The second kappa shape index (κ2) is 8.25. The van der Waals surface area contributed by atoms with Gasteiger partial charge in [0, 0.05) is 45.5 Å². The second-order valence-corrected chi connectivity index (χ2v) is 11.1. The molecule has 2 N–H and O–H groups in total. The molecule has 0 unspecified atom stereocenters. The zero-order valence-corrected chi connectivity index (χ0v) is 20.9. The molecule has 7 rings (SSSR count). The van der Waals surface area contributed by atoms with Crippen LogP contribution >= 0.6 is 0 Å². The van der Waals surface area contributed by atoms with Crippen molar-refractivity contribution in [3.63, 3.8) is 0 Å². The van der Waals surface area contributed by atoms with Gasteiger partial charge in [-0.2, -0.15) is 0 Å². The van der Waals surface area contributed by atoms with E-state index in [9.17, 15) is 0 Å². The van der Waals surface area contributed by atoms with Gasteiger partial charge in [-0.05, 0) is 53.5 Å². The van der Waals surface area contributed by atoms with Gasteiger partial charge in [0.25, 0.3) is 0 Å². The third kappa shape index (κ3) is 3.30. The highest BCUT2D eigenvalue weighted by Gasteiger charge is 2.53. The molecular formula is C33H32N2O. The van der Waals surface area contributed by atoms with Crippen LogP contribution in [0, 0.1) is 11.3 Å². The molecule has 2 heterocycles. The minimum Gasteiger partial charge on any atom is -0.376 e. The maximum absolute atomic E-state index is 6.49. The Labute approximate surface area is 212 Å². The Morgan fingerprint density at radius 1 is 0.889 bits per heavy atom. The van der Waals surface area contributed by atoms with Crippen molar-refractivity contribution in [2.24, 2.45) is 11.3 Å². The molecule has 2 aliphatic carbocycles. The van der Waals surface area contributed by atoms with E-state index in [-0.39, 0.29) is 11.3 Å². The first-order chi connectivity index (χ1) is 17.6. The Morgan fingerprint density at radius 2 is 1.61 bits per heavy atom. The van der Waals surface area contributed by atoms with E-state index in [0.29, 0.717) is 18.4 Å². The summed E-state index contributed by atoms with van der Waals surface area (Å²) in [7, 11) is 0. The highest BCUT2D eigenvalue weighted by molar-refractivity contribution is 5.89. The second-order valence-electron chi connectivity index (χ2n) is 11.1. The molecule has 3 heteroatoms. The molecule has 0 spiro atoms. The number of H-pyrrole nitrogens is 2. The van der Waals surface area contributed by atoms with Crippen LogP contribution in [0.3, 0.4) is 0 Å². The number of hydrogen-bond donors (Lipinski definition) is 2. The summed E-state index contributed by atoms with van der Waals surface area (Å²) in [5.74, 6) is 1.07. The van der Waals surface area contributed by atoms with Crippen molar-refractivity contribution in [3.8, 4) is 0 Å². The predicted octanol–water partition coefficient (Wildman–Crippen LogP) is 8.07. The van der Waals surface area contributed by atoms with Crippen molar-refractivity contribution in [2.45, 2.75) is 38.7 Å². The van der Waals surface area contributed by atoms with E-state index in [1.54, 1.807) is 0 Å². The zero-order valence-electron chi connectivity index (χ0n) is 20.9. The molecule has 0 amide bonds. The monoisotopic (exact) mass is 472 g/mol. The first-order valence-corrected chi connectivity index (χ1v) is 13.1. The molecule has 180 valence electrons. The summed E-state index contributed by atoms with van der Waals surface area (Å²) in [5, 5.41) is 2.69. The van der Waals surface area contributed by atoms with Crippen LogP contribution in [0.25, 0.3) is 21.8 Å². The summed E-state index contributed by atoms with van der Waals surface area (Å²) in [6.45, 7) is 6.17. The van der Waals surface area contributed by atoms with Crippen LogP contribution < -0.4 is 0 Å². The van der Waals surface area contributed by atoms with Crippen molar-refractivity contribution in [3.05, 3.63) is 119 Å². The third-order valence-corrected chi connectivity index (χ3v) is 8.62. The van der Waals surface area contributed by atoms with E-state index < -0.39 is 0 Å². The topological polar surface area (TPSA) is 40.8 Å². The van der Waals surface area contributed by atoms with Gasteiger partial charge in [0.1, 0.15) is 0 Å². The Kier molecular flexibility index (Phi) is 4.97. The number of benzene rings is 3. The van der Waals surface area contributed by atoms with Crippen LogP contribution in [0.15, 0.2) is 96.7 Å². The average molecular weight is 473 g/mol. The lowest BCUT2D eigenvalue weighted by molar-refractivity contribution is -0.00143. The molecule has 4 atom stereocenters. The van der Waals surface area contributed by atoms with E-state index in [2.05, 4.69) is 115 Å². The van der Waals surface area contributed by atoms with E-state index >= 15 is 0 Å². The highest BCUT2D eigenvalue weighted by Crippen LogP contribution is 2.63. The number of allylic oxidation sites excluding steroid dienone is 2. The van der Waals surface area contributed by atoms with Gasteiger partial charge in [0.15, 0.2) is 0 Å². The van der Waals surface area contributed by atoms with Crippen LogP contribution in [0.5, 0.6) is 0 Å². The zero-order chi connectivity index (χ0) is 24.3. The number of ether oxygens (including phenoxy) is 1. The SMILES string of the molecule is CC1=C[C@H]2c3c([nH]c4ccccc34)[C@H](c3c[nH]c4ccccc34)[C@H]2[C@@](C)(COCc2ccccc2)C1. The quantitative estimate of drug-likeness (QED) is 0.250. The maximum Gasteiger partial charge on any atom is 0.0717 e. The van der Waals surface area contributed by atoms with Crippen LogP contribution in [0.4, 0.5) is 0 Å². The molecule has 0 saturated heterocycles. The van der Waals surface area contributed by atoms with Crippen molar-refractivity contribution in [2.75, 3.05) is 6.61 Å². The number of aromatic nitrogens is 2. The van der Waals surface area contributed by atoms with Crippen molar-refractivity contribution in [1.29, 1.82) is 0 Å². The summed E-state index contributed by atoms with van der Waals surface area (Å²) in [5.41, 5.74) is 9.43. The van der Waals surface area contributed by atoms with Gasteiger partial charge in [0.2, 0.25) is 0 Å². The number of fused-ring (bicyclic) bond motifs is 6. The van der Waals surface area contributed by atoms with Gasteiger partial charge in [-0.15, -0.1) is 0 Å². The Hall–Kier alpha value is -3.56. The minimum absolute atomic E-state index is 0.0162. The van der Waals surface area contributed by atoms with E-state index in [1.165, 1.54) is 49.8 Å². The lowest BCUT2D eigenvalue weighted by atomic mass is 9.60.